The minimum Gasteiger partial charge on any atom is -0.457 e. The highest BCUT2D eigenvalue weighted by Crippen LogP contribution is 2.25. The highest BCUT2D eigenvalue weighted by atomic mass is 35.5. The second kappa shape index (κ2) is 5.89. The number of ketones is 1. The molecule has 2 rings (SSSR count). The molecular formula is C16H15ClO2. The second-order valence-electron chi connectivity index (χ2n) is 4.46. The van der Waals surface area contributed by atoms with Crippen molar-refractivity contribution in [2.75, 3.05) is 0 Å². The van der Waals surface area contributed by atoms with Gasteiger partial charge in [0.1, 0.15) is 17.3 Å². The molecule has 0 amide bonds. The lowest BCUT2D eigenvalue weighted by Crippen LogP contribution is -2.03. The van der Waals surface area contributed by atoms with Crippen LogP contribution in [0.3, 0.4) is 0 Å². The minimum absolute atomic E-state index is 0.0791. The molecule has 2 nitrogen and oxygen atoms in total. The van der Waals surface area contributed by atoms with E-state index in [0.717, 1.165) is 17.1 Å². The standard InChI is InChI=1S/C16H15ClO2/c1-11(12(2)18)13-3-7-15(8-4-13)19-16-9-5-14(17)6-10-16/h3-11H,1-2H3. The Labute approximate surface area is 118 Å². The van der Waals surface area contributed by atoms with Gasteiger partial charge in [-0.05, 0) is 48.9 Å². The predicted octanol–water partition coefficient (Wildman–Crippen LogP) is 4.82. The van der Waals surface area contributed by atoms with Crippen molar-refractivity contribution in [3.05, 3.63) is 59.1 Å². The van der Waals surface area contributed by atoms with E-state index in [1.165, 1.54) is 0 Å². The molecule has 0 saturated heterocycles. The fourth-order valence-electron chi connectivity index (χ4n) is 1.70. The Morgan fingerprint density at radius 3 is 1.95 bits per heavy atom. The van der Waals surface area contributed by atoms with Gasteiger partial charge in [0, 0.05) is 10.9 Å². The monoisotopic (exact) mass is 274 g/mol. The summed E-state index contributed by atoms with van der Waals surface area (Å²) < 4.78 is 5.68. The lowest BCUT2D eigenvalue weighted by Gasteiger charge is -2.10. The third-order valence-electron chi connectivity index (χ3n) is 3.04. The van der Waals surface area contributed by atoms with Crippen LogP contribution in [-0.2, 0) is 4.79 Å². The van der Waals surface area contributed by atoms with E-state index in [9.17, 15) is 4.79 Å². The molecule has 3 heteroatoms. The zero-order valence-corrected chi connectivity index (χ0v) is 11.6. The molecule has 2 aromatic rings. The van der Waals surface area contributed by atoms with Gasteiger partial charge in [-0.25, -0.2) is 0 Å². The van der Waals surface area contributed by atoms with E-state index in [2.05, 4.69) is 0 Å². The lowest BCUT2D eigenvalue weighted by atomic mass is 9.98. The third kappa shape index (κ3) is 3.58. The van der Waals surface area contributed by atoms with E-state index in [4.69, 9.17) is 16.3 Å². The van der Waals surface area contributed by atoms with Gasteiger partial charge in [-0.2, -0.15) is 0 Å². The quantitative estimate of drug-likeness (QED) is 0.798. The summed E-state index contributed by atoms with van der Waals surface area (Å²) in [4.78, 5) is 11.3. The average Bonchev–Trinajstić information content (AvgIpc) is 2.41. The van der Waals surface area contributed by atoms with Crippen molar-refractivity contribution in [1.29, 1.82) is 0 Å². The van der Waals surface area contributed by atoms with Crippen LogP contribution in [0.25, 0.3) is 0 Å². The van der Waals surface area contributed by atoms with Crippen molar-refractivity contribution >= 4 is 17.4 Å². The molecule has 98 valence electrons. The third-order valence-corrected chi connectivity index (χ3v) is 3.29. The van der Waals surface area contributed by atoms with Gasteiger partial charge in [0.15, 0.2) is 0 Å². The van der Waals surface area contributed by atoms with Crippen molar-refractivity contribution in [3.63, 3.8) is 0 Å². The fourth-order valence-corrected chi connectivity index (χ4v) is 1.82. The maximum atomic E-state index is 11.3. The normalized spacial score (nSPS) is 11.9. The molecule has 0 aliphatic rings. The van der Waals surface area contributed by atoms with Crippen LogP contribution in [0.2, 0.25) is 5.02 Å². The Bertz CT molecular complexity index is 558. The number of carbonyl (C=O) groups excluding carboxylic acids is 1. The number of rotatable bonds is 4. The van der Waals surface area contributed by atoms with Gasteiger partial charge < -0.3 is 4.74 Å². The van der Waals surface area contributed by atoms with E-state index >= 15 is 0 Å². The van der Waals surface area contributed by atoms with Crippen molar-refractivity contribution in [2.24, 2.45) is 0 Å². The second-order valence-corrected chi connectivity index (χ2v) is 4.89. The summed E-state index contributed by atoms with van der Waals surface area (Å²) in [5.74, 6) is 1.55. The average molecular weight is 275 g/mol. The number of halogens is 1. The van der Waals surface area contributed by atoms with Gasteiger partial charge >= 0.3 is 0 Å². The molecular weight excluding hydrogens is 260 g/mol. The summed E-state index contributed by atoms with van der Waals surface area (Å²) in [6, 6.07) is 14.7. The minimum atomic E-state index is -0.0791. The van der Waals surface area contributed by atoms with E-state index in [1.807, 2.05) is 43.3 Å². The van der Waals surface area contributed by atoms with Crippen molar-refractivity contribution < 1.29 is 9.53 Å². The number of Topliss-reactive ketones (excluding diaryl/α,β-unsaturated/α-hetero) is 1. The highest BCUT2D eigenvalue weighted by molar-refractivity contribution is 6.30. The molecule has 0 heterocycles. The van der Waals surface area contributed by atoms with E-state index in [-0.39, 0.29) is 11.7 Å². The molecule has 1 unspecified atom stereocenters. The molecule has 0 radical (unpaired) electrons. The maximum Gasteiger partial charge on any atom is 0.136 e. The van der Waals surface area contributed by atoms with Gasteiger partial charge in [-0.3, -0.25) is 4.79 Å². The topological polar surface area (TPSA) is 26.3 Å². The molecule has 0 aliphatic heterocycles. The SMILES string of the molecule is CC(=O)C(C)c1ccc(Oc2ccc(Cl)cc2)cc1. The number of carbonyl (C=O) groups is 1. The van der Waals surface area contributed by atoms with E-state index in [0.29, 0.717) is 5.02 Å². The lowest BCUT2D eigenvalue weighted by molar-refractivity contribution is -0.118. The molecule has 0 fully saturated rings. The smallest absolute Gasteiger partial charge is 0.136 e. The van der Waals surface area contributed by atoms with Crippen molar-refractivity contribution in [2.45, 2.75) is 19.8 Å². The van der Waals surface area contributed by atoms with Gasteiger partial charge in [0.25, 0.3) is 0 Å². The summed E-state index contributed by atoms with van der Waals surface area (Å²) in [5.41, 5.74) is 0.996. The fraction of sp³-hybridized carbons (Fsp3) is 0.188. The number of hydrogen-bond acceptors (Lipinski definition) is 2. The molecule has 0 aromatic heterocycles. The van der Waals surface area contributed by atoms with Crippen LogP contribution in [-0.4, -0.2) is 5.78 Å². The first-order valence-corrected chi connectivity index (χ1v) is 6.48. The van der Waals surface area contributed by atoms with Crippen molar-refractivity contribution in [3.8, 4) is 11.5 Å². The van der Waals surface area contributed by atoms with Crippen LogP contribution in [0, 0.1) is 0 Å². The zero-order valence-electron chi connectivity index (χ0n) is 10.9. The first-order valence-electron chi connectivity index (χ1n) is 6.10. The van der Waals surface area contributed by atoms with Crippen LogP contribution in [0.15, 0.2) is 48.5 Å². The largest absolute Gasteiger partial charge is 0.457 e. The van der Waals surface area contributed by atoms with Crippen LogP contribution < -0.4 is 4.74 Å². The van der Waals surface area contributed by atoms with Crippen LogP contribution in [0.1, 0.15) is 25.3 Å². The van der Waals surface area contributed by atoms with Gasteiger partial charge in [-0.15, -0.1) is 0 Å². The van der Waals surface area contributed by atoms with Gasteiger partial charge in [-0.1, -0.05) is 30.7 Å². The number of hydrogen-bond donors (Lipinski definition) is 0. The Hall–Kier alpha value is -1.80. The molecule has 0 aliphatic carbocycles. The number of ether oxygens (including phenoxy) is 1. The van der Waals surface area contributed by atoms with Gasteiger partial charge in [0.2, 0.25) is 0 Å². The first-order chi connectivity index (χ1) is 9.06. The first kappa shape index (κ1) is 13.6. The molecule has 0 spiro atoms. The van der Waals surface area contributed by atoms with Crippen LogP contribution >= 0.6 is 11.6 Å². The summed E-state index contributed by atoms with van der Waals surface area (Å²) in [7, 11) is 0. The maximum absolute atomic E-state index is 11.3. The molecule has 19 heavy (non-hydrogen) atoms. The molecule has 0 N–H and O–H groups in total. The van der Waals surface area contributed by atoms with Crippen LogP contribution in [0.5, 0.6) is 11.5 Å². The van der Waals surface area contributed by atoms with E-state index in [1.54, 1.807) is 19.1 Å². The summed E-state index contributed by atoms with van der Waals surface area (Å²) in [6.07, 6.45) is 0. The number of benzene rings is 2. The highest BCUT2D eigenvalue weighted by Gasteiger charge is 2.10. The van der Waals surface area contributed by atoms with Gasteiger partial charge in [0.05, 0.1) is 0 Å². The Morgan fingerprint density at radius 1 is 1.00 bits per heavy atom. The molecule has 1 atom stereocenters. The summed E-state index contributed by atoms with van der Waals surface area (Å²) >= 11 is 5.81. The molecule has 0 saturated carbocycles. The Morgan fingerprint density at radius 2 is 1.47 bits per heavy atom. The molecule has 0 bridgehead atoms. The zero-order chi connectivity index (χ0) is 13.8. The van der Waals surface area contributed by atoms with E-state index < -0.39 is 0 Å². The van der Waals surface area contributed by atoms with Crippen LogP contribution in [0.4, 0.5) is 0 Å². The van der Waals surface area contributed by atoms with Crippen molar-refractivity contribution in [1.82, 2.24) is 0 Å². The Kier molecular flexibility index (Phi) is 4.23. The predicted molar refractivity (Wildman–Crippen MR) is 77.1 cm³/mol. The Balaban J connectivity index is 2.10. The summed E-state index contributed by atoms with van der Waals surface area (Å²) in [5, 5.41) is 0.679. The molecule has 2 aromatic carbocycles. The summed E-state index contributed by atoms with van der Waals surface area (Å²) in [6.45, 7) is 3.50.